The average molecular weight is 306 g/mol. The molecule has 2 rings (SSSR count). The molecule has 7 heteroatoms. The lowest BCUT2D eigenvalue weighted by molar-refractivity contribution is -0.385. The molecular weight excluding hydrogens is 292 g/mol. The van der Waals surface area contributed by atoms with Gasteiger partial charge in [-0.05, 0) is 30.3 Å². The van der Waals surface area contributed by atoms with Crippen molar-refractivity contribution in [3.63, 3.8) is 0 Å². The van der Waals surface area contributed by atoms with Crippen LogP contribution in [0.1, 0.15) is 25.3 Å². The molecule has 110 valence electrons. The fraction of sp³-hybridized carbons (Fsp3) is 0.286. The van der Waals surface area contributed by atoms with Crippen LogP contribution in [0.3, 0.4) is 0 Å². The summed E-state index contributed by atoms with van der Waals surface area (Å²) in [5, 5.41) is 10.6. The normalized spacial score (nSPS) is 16.8. The van der Waals surface area contributed by atoms with Gasteiger partial charge in [-0.2, -0.15) is 0 Å². The Kier molecular flexibility index (Phi) is 4.74. The maximum absolute atomic E-state index is 12.2. The highest BCUT2D eigenvalue weighted by molar-refractivity contribution is 8.18. The molecular formula is C14H14N2O4S. The van der Waals surface area contributed by atoms with Crippen molar-refractivity contribution in [2.24, 2.45) is 0 Å². The topological polar surface area (TPSA) is 80.5 Å². The van der Waals surface area contributed by atoms with E-state index in [0.717, 1.165) is 24.6 Å². The van der Waals surface area contributed by atoms with Gasteiger partial charge >= 0.3 is 0 Å². The Labute approximate surface area is 126 Å². The third-order valence-corrected chi connectivity index (χ3v) is 3.94. The van der Waals surface area contributed by atoms with E-state index in [2.05, 4.69) is 0 Å². The van der Waals surface area contributed by atoms with E-state index in [-0.39, 0.29) is 21.7 Å². The Morgan fingerprint density at radius 3 is 2.71 bits per heavy atom. The molecule has 1 fully saturated rings. The molecule has 1 saturated heterocycles. The average Bonchev–Trinajstić information content (AvgIpc) is 2.72. The molecule has 1 heterocycles. The van der Waals surface area contributed by atoms with Crippen LogP contribution >= 0.6 is 11.8 Å². The second-order valence-corrected chi connectivity index (χ2v) is 5.50. The summed E-state index contributed by atoms with van der Waals surface area (Å²) in [6, 6.07) is 6.13. The number of imide groups is 1. The van der Waals surface area contributed by atoms with Crippen molar-refractivity contribution in [1.82, 2.24) is 4.90 Å². The van der Waals surface area contributed by atoms with Crippen LogP contribution in [0.4, 0.5) is 10.5 Å². The molecule has 21 heavy (non-hydrogen) atoms. The van der Waals surface area contributed by atoms with Crippen molar-refractivity contribution < 1.29 is 14.5 Å². The summed E-state index contributed by atoms with van der Waals surface area (Å²) in [5.74, 6) is -0.378. The van der Waals surface area contributed by atoms with Gasteiger partial charge in [0, 0.05) is 12.6 Å². The summed E-state index contributed by atoms with van der Waals surface area (Å²) in [7, 11) is 0. The Bertz CT molecular complexity index is 627. The lowest BCUT2D eigenvalue weighted by Gasteiger charge is -2.10. The second-order valence-electron chi connectivity index (χ2n) is 4.50. The highest BCUT2D eigenvalue weighted by Crippen LogP contribution is 2.33. The maximum atomic E-state index is 12.2. The number of amides is 2. The monoisotopic (exact) mass is 306 g/mol. The molecule has 1 aliphatic rings. The molecule has 1 aromatic carbocycles. The third kappa shape index (κ3) is 3.30. The van der Waals surface area contributed by atoms with Crippen molar-refractivity contribution in [1.29, 1.82) is 0 Å². The number of para-hydroxylation sites is 1. The summed E-state index contributed by atoms with van der Waals surface area (Å²) in [5.41, 5.74) is 0.237. The molecule has 0 atom stereocenters. The minimum absolute atomic E-state index is 0.0853. The van der Waals surface area contributed by atoms with Gasteiger partial charge in [-0.1, -0.05) is 25.5 Å². The van der Waals surface area contributed by atoms with Crippen molar-refractivity contribution in [3.8, 4) is 0 Å². The first-order chi connectivity index (χ1) is 10.0. The summed E-state index contributed by atoms with van der Waals surface area (Å²) in [6.07, 6.45) is 3.04. The lowest BCUT2D eigenvalue weighted by Crippen LogP contribution is -2.29. The van der Waals surface area contributed by atoms with E-state index in [9.17, 15) is 19.7 Å². The number of hydrogen-bond donors (Lipinski definition) is 0. The summed E-state index contributed by atoms with van der Waals surface area (Å²) in [6.45, 7) is 2.36. The SMILES string of the molecule is CCCCN1C(=O)S/C(=C\c2ccccc2[N+](=O)[O-])C1=O. The number of carbonyl (C=O) groups excluding carboxylic acids is 2. The first kappa shape index (κ1) is 15.2. The highest BCUT2D eigenvalue weighted by atomic mass is 32.2. The molecule has 0 bridgehead atoms. The number of thioether (sulfide) groups is 1. The maximum Gasteiger partial charge on any atom is 0.293 e. The molecule has 0 spiro atoms. The van der Waals surface area contributed by atoms with Crippen LogP contribution in [-0.4, -0.2) is 27.5 Å². The molecule has 0 N–H and O–H groups in total. The third-order valence-electron chi connectivity index (χ3n) is 3.03. The lowest BCUT2D eigenvalue weighted by atomic mass is 10.1. The highest BCUT2D eigenvalue weighted by Gasteiger charge is 2.34. The standard InChI is InChI=1S/C14H14N2O4S/c1-2-3-8-15-13(17)12(21-14(15)18)9-10-6-4-5-7-11(10)16(19)20/h4-7,9H,2-3,8H2,1H3/b12-9-. The van der Waals surface area contributed by atoms with Crippen LogP contribution in [0.2, 0.25) is 0 Å². The number of nitrogens with zero attached hydrogens (tertiary/aromatic N) is 2. The zero-order chi connectivity index (χ0) is 15.4. The van der Waals surface area contributed by atoms with E-state index in [1.54, 1.807) is 18.2 Å². The number of nitro benzene ring substituents is 1. The Morgan fingerprint density at radius 1 is 1.33 bits per heavy atom. The van der Waals surface area contributed by atoms with Crippen LogP contribution in [0, 0.1) is 10.1 Å². The summed E-state index contributed by atoms with van der Waals surface area (Å²) < 4.78 is 0. The van der Waals surface area contributed by atoms with Crippen molar-refractivity contribution >= 4 is 34.7 Å². The van der Waals surface area contributed by atoms with Gasteiger partial charge in [-0.3, -0.25) is 24.6 Å². The number of rotatable bonds is 5. The minimum Gasteiger partial charge on any atom is -0.268 e. The number of benzene rings is 1. The van der Waals surface area contributed by atoms with E-state index >= 15 is 0 Å². The zero-order valence-corrected chi connectivity index (χ0v) is 12.3. The quantitative estimate of drug-likeness (QED) is 0.473. The molecule has 0 saturated carbocycles. The molecule has 0 radical (unpaired) electrons. The van der Waals surface area contributed by atoms with Gasteiger partial charge in [0.25, 0.3) is 16.8 Å². The first-order valence-corrected chi connectivity index (χ1v) is 7.35. The van der Waals surface area contributed by atoms with Crippen LogP contribution in [-0.2, 0) is 4.79 Å². The Hall–Kier alpha value is -2.15. The zero-order valence-electron chi connectivity index (χ0n) is 11.4. The number of nitro groups is 1. The van der Waals surface area contributed by atoms with Gasteiger partial charge in [-0.25, -0.2) is 0 Å². The van der Waals surface area contributed by atoms with Gasteiger partial charge in [0.05, 0.1) is 15.4 Å². The first-order valence-electron chi connectivity index (χ1n) is 6.53. The van der Waals surface area contributed by atoms with Crippen LogP contribution in [0.15, 0.2) is 29.2 Å². The molecule has 0 aliphatic carbocycles. The van der Waals surface area contributed by atoms with E-state index in [4.69, 9.17) is 0 Å². The fourth-order valence-corrected chi connectivity index (χ4v) is 2.78. The van der Waals surface area contributed by atoms with Gasteiger partial charge in [-0.15, -0.1) is 0 Å². The smallest absolute Gasteiger partial charge is 0.268 e. The number of carbonyl (C=O) groups is 2. The fourth-order valence-electron chi connectivity index (χ4n) is 1.93. The molecule has 6 nitrogen and oxygen atoms in total. The predicted octanol–water partition coefficient (Wildman–Crippen LogP) is 3.43. The molecule has 1 aromatic rings. The van der Waals surface area contributed by atoms with Gasteiger partial charge in [0.15, 0.2) is 0 Å². The predicted molar refractivity (Wildman–Crippen MR) is 80.7 cm³/mol. The van der Waals surface area contributed by atoms with E-state index in [0.29, 0.717) is 12.1 Å². The molecule has 2 amide bonds. The largest absolute Gasteiger partial charge is 0.293 e. The van der Waals surface area contributed by atoms with Gasteiger partial charge < -0.3 is 0 Å². The van der Waals surface area contributed by atoms with Crippen LogP contribution in [0.5, 0.6) is 0 Å². The van der Waals surface area contributed by atoms with E-state index in [1.165, 1.54) is 17.0 Å². The van der Waals surface area contributed by atoms with Crippen LogP contribution < -0.4 is 0 Å². The Balaban J connectivity index is 2.29. The Morgan fingerprint density at radius 2 is 2.05 bits per heavy atom. The summed E-state index contributed by atoms with van der Waals surface area (Å²) in [4.78, 5) is 35.8. The minimum atomic E-state index is -0.507. The molecule has 0 aromatic heterocycles. The number of unbranched alkanes of at least 4 members (excludes halogenated alkanes) is 1. The van der Waals surface area contributed by atoms with E-state index in [1.807, 2.05) is 6.92 Å². The van der Waals surface area contributed by atoms with Gasteiger partial charge in [0.2, 0.25) is 0 Å². The molecule has 0 unspecified atom stereocenters. The van der Waals surface area contributed by atoms with Gasteiger partial charge in [0.1, 0.15) is 0 Å². The molecule has 1 aliphatic heterocycles. The van der Waals surface area contributed by atoms with Crippen molar-refractivity contribution in [3.05, 3.63) is 44.8 Å². The van der Waals surface area contributed by atoms with Crippen LogP contribution in [0.25, 0.3) is 6.08 Å². The second kappa shape index (κ2) is 6.53. The van der Waals surface area contributed by atoms with Crippen molar-refractivity contribution in [2.45, 2.75) is 19.8 Å². The van der Waals surface area contributed by atoms with Crippen molar-refractivity contribution in [2.75, 3.05) is 6.54 Å². The summed E-state index contributed by atoms with van der Waals surface area (Å²) >= 11 is 0.823. The van der Waals surface area contributed by atoms with E-state index < -0.39 is 4.92 Å². The number of hydrogen-bond acceptors (Lipinski definition) is 5.